The summed E-state index contributed by atoms with van der Waals surface area (Å²) >= 11 is 0. The number of rotatable bonds is 11. The second-order valence-electron chi connectivity index (χ2n) is 15.0. The molecule has 2 aliphatic heterocycles. The van der Waals surface area contributed by atoms with E-state index in [0.717, 1.165) is 63.7 Å². The Morgan fingerprint density at radius 2 is 1.74 bits per heavy atom. The number of Topliss-reactive ketones (excluding diaryl/α,β-unsaturated/α-hetero) is 1. The number of ketones is 1. The molecule has 3 aromatic rings. The molecule has 0 unspecified atom stereocenters. The first kappa shape index (κ1) is 40.2. The van der Waals surface area contributed by atoms with Crippen LogP contribution in [0.5, 0.6) is 0 Å². The average Bonchev–Trinajstić information content (AvgIpc) is 3.85. The number of hydrogen-bond acceptors (Lipinski definition) is 5. The van der Waals surface area contributed by atoms with Gasteiger partial charge in [0.05, 0.1) is 7.11 Å². The summed E-state index contributed by atoms with van der Waals surface area (Å²) in [6, 6.07) is 2.05. The zero-order valence-electron chi connectivity index (χ0n) is 32.7. The van der Waals surface area contributed by atoms with Crippen LogP contribution in [0, 0.1) is 44.4 Å². The number of carbonyl (C=O) groups is 3. The molecule has 0 N–H and O–H groups in total. The minimum atomic E-state index is -1.20. The predicted octanol–water partition coefficient (Wildman–Crippen LogP) is 6.11. The third-order valence-corrected chi connectivity index (χ3v) is 11.0. The summed E-state index contributed by atoms with van der Waals surface area (Å²) in [6.45, 7) is 16.9. The second kappa shape index (κ2) is 16.6. The van der Waals surface area contributed by atoms with Gasteiger partial charge in [0.25, 0.3) is 0 Å². The summed E-state index contributed by atoms with van der Waals surface area (Å²) in [5.74, 6) is -2.28. The molecule has 53 heavy (non-hydrogen) atoms. The van der Waals surface area contributed by atoms with Crippen molar-refractivity contribution in [3.63, 3.8) is 0 Å². The summed E-state index contributed by atoms with van der Waals surface area (Å²) in [5.41, 5.74) is 9.97. The summed E-state index contributed by atoms with van der Waals surface area (Å²) in [7, 11) is 1.29. The van der Waals surface area contributed by atoms with Gasteiger partial charge in [0.15, 0.2) is 5.78 Å². The molecule has 0 saturated carbocycles. The Morgan fingerprint density at radius 3 is 2.43 bits per heavy atom. The summed E-state index contributed by atoms with van der Waals surface area (Å²) in [4.78, 5) is 55.7. The van der Waals surface area contributed by atoms with Gasteiger partial charge in [0.1, 0.15) is 12.5 Å². The van der Waals surface area contributed by atoms with Crippen molar-refractivity contribution in [2.75, 3.05) is 13.7 Å². The van der Waals surface area contributed by atoms with E-state index in [9.17, 15) is 14.4 Å². The number of aromatic nitrogens is 3. The molecule has 3 atom stereocenters. The molecule has 5 heterocycles. The van der Waals surface area contributed by atoms with Crippen LogP contribution in [-0.2, 0) is 25.5 Å². The van der Waals surface area contributed by atoms with Gasteiger partial charge in [-0.1, -0.05) is 91.8 Å². The van der Waals surface area contributed by atoms with Crippen LogP contribution in [0.2, 0.25) is 0 Å². The van der Waals surface area contributed by atoms with Gasteiger partial charge in [-0.25, -0.2) is 0 Å². The Bertz CT molecular complexity index is 2140. The third kappa shape index (κ3) is 7.95. The second-order valence-corrected chi connectivity index (χ2v) is 15.0. The first-order valence-electron chi connectivity index (χ1n) is 18.6. The molecular formula is C43H50MgN4O5-2. The van der Waals surface area contributed by atoms with E-state index in [0.29, 0.717) is 46.1 Å². The van der Waals surface area contributed by atoms with Crippen molar-refractivity contribution in [3.05, 3.63) is 95.7 Å². The quantitative estimate of drug-likeness (QED) is 0.100. The molecule has 9 nitrogen and oxygen atoms in total. The van der Waals surface area contributed by atoms with E-state index in [1.54, 1.807) is 0 Å². The van der Waals surface area contributed by atoms with Gasteiger partial charge in [-0.05, 0) is 77.2 Å². The smallest absolute Gasteiger partial charge is 0.664 e. The van der Waals surface area contributed by atoms with Gasteiger partial charge in [0, 0.05) is 12.0 Å². The molecule has 8 bridgehead atoms. The van der Waals surface area contributed by atoms with Crippen LogP contribution in [0.1, 0.15) is 122 Å². The average molecular weight is 727 g/mol. The van der Waals surface area contributed by atoms with Crippen LogP contribution in [0.4, 0.5) is 0 Å². The molecule has 0 spiro atoms. The zero-order chi connectivity index (χ0) is 37.4. The normalized spacial score (nSPS) is 22.7. The first-order valence-corrected chi connectivity index (χ1v) is 18.6. The SMILES string of the molecule is CCc1c(C)/c2[n-]/c1=C\c1[n-]c3c(c1C)C(=O)[C@H](C(=O)OC)/C3=C1/[N-]/C(=C\c3[n-]c(cc3C)\C=2)[C@@H](C)[C@@H]1CCC(=O)OC/C=C(\C)CCCC(C)C.[Mg+2]. The molecular weight excluding hydrogens is 677 g/mol. The van der Waals surface area contributed by atoms with Crippen molar-refractivity contribution < 1.29 is 23.9 Å². The minimum Gasteiger partial charge on any atom is -0.664 e. The van der Waals surface area contributed by atoms with Crippen molar-refractivity contribution in [3.8, 4) is 0 Å². The number of hydrogen-bond donors (Lipinski definition) is 0. The number of carbonyl (C=O) groups excluding carboxylic acids is 3. The molecule has 3 aromatic heterocycles. The van der Waals surface area contributed by atoms with Crippen molar-refractivity contribution in [1.29, 1.82) is 0 Å². The Kier molecular flexibility index (Phi) is 12.5. The van der Waals surface area contributed by atoms with Crippen LogP contribution in [0.3, 0.4) is 0 Å². The van der Waals surface area contributed by atoms with Gasteiger partial charge in [-0.3, -0.25) is 14.4 Å². The van der Waals surface area contributed by atoms with Crippen molar-refractivity contribution in [2.24, 2.45) is 23.7 Å². The van der Waals surface area contributed by atoms with E-state index in [2.05, 4.69) is 41.5 Å². The standard InChI is InChI=1S/C43H51N4O5.Mg/c1-10-29-25(6)32-19-28-18-24(5)31(44-28)20-33-26(7)30(14-15-36(48)52-17-16-23(4)13-11-12-22(2)3)40(46-33)38-39(43(50)51-9)42(49)37-27(8)34(47-41(37)38)21-35(29)45-32;/h16,18-22,26,30,39H,10-15,17H2,1-9H3,(H-,46,47,49);/q-3;+2/p-1/b23-16+,32-19-,33-20-,35-21-;/t26-,30-,39+;/m0./s1. The van der Waals surface area contributed by atoms with Gasteiger partial charge < -0.3 is 29.7 Å². The molecule has 1 fully saturated rings. The summed E-state index contributed by atoms with van der Waals surface area (Å²) in [6.07, 6.45) is 12.5. The Morgan fingerprint density at radius 1 is 0.981 bits per heavy atom. The Balaban J connectivity index is 0.00000541. The largest absolute Gasteiger partial charge is 2.00 e. The molecule has 276 valence electrons. The fourth-order valence-corrected chi connectivity index (χ4v) is 7.84. The number of nitrogens with zero attached hydrogens (tertiary/aromatic N) is 4. The Hall–Kier alpha value is -4.02. The monoisotopic (exact) mass is 726 g/mol. The fraction of sp³-hybridized carbons (Fsp3) is 0.465. The topological polar surface area (TPSA) is 126 Å². The van der Waals surface area contributed by atoms with Gasteiger partial charge in [-0.2, -0.15) is 11.4 Å². The number of allylic oxidation sites excluding steroid dienone is 3. The first-order chi connectivity index (χ1) is 24.8. The maximum Gasteiger partial charge on any atom is 2.00 e. The van der Waals surface area contributed by atoms with Crippen LogP contribution < -0.4 is 25.7 Å². The zero-order valence-corrected chi connectivity index (χ0v) is 34.1. The number of methoxy groups -OCH3 is 1. The van der Waals surface area contributed by atoms with Gasteiger partial charge in [-0.15, -0.1) is 33.5 Å². The molecule has 3 aliphatic rings. The number of esters is 2. The van der Waals surface area contributed by atoms with Crippen LogP contribution in [-0.4, -0.2) is 54.5 Å². The predicted molar refractivity (Wildman–Crippen MR) is 208 cm³/mol. The molecule has 0 aromatic carbocycles. The van der Waals surface area contributed by atoms with E-state index >= 15 is 0 Å². The minimum absolute atomic E-state index is 0. The fourth-order valence-electron chi connectivity index (χ4n) is 7.84. The maximum absolute atomic E-state index is 14.2. The molecule has 0 radical (unpaired) electrons. The molecule has 6 rings (SSSR count). The van der Waals surface area contributed by atoms with Crippen molar-refractivity contribution in [1.82, 2.24) is 15.0 Å². The van der Waals surface area contributed by atoms with Crippen LogP contribution in [0.25, 0.3) is 29.1 Å². The van der Waals surface area contributed by atoms with Crippen LogP contribution in [0.15, 0.2) is 29.1 Å². The maximum atomic E-state index is 14.2. The summed E-state index contributed by atoms with van der Waals surface area (Å²) in [5, 5.41) is 6.81. The van der Waals surface area contributed by atoms with Gasteiger partial charge in [0.2, 0.25) is 0 Å². The molecule has 1 aliphatic carbocycles. The summed E-state index contributed by atoms with van der Waals surface area (Å²) < 4.78 is 10.9. The van der Waals surface area contributed by atoms with Crippen molar-refractivity contribution >= 4 is 64.6 Å². The van der Waals surface area contributed by atoms with E-state index in [-0.39, 0.29) is 59.7 Å². The Labute approximate surface area is 329 Å². The number of fused-ring (bicyclic) bond motifs is 7. The number of ether oxygens (including phenoxy) is 2. The van der Waals surface area contributed by atoms with E-state index in [1.165, 1.54) is 19.1 Å². The molecule has 1 saturated heterocycles. The van der Waals surface area contributed by atoms with E-state index in [1.807, 2.05) is 44.2 Å². The van der Waals surface area contributed by atoms with Gasteiger partial charge >= 0.3 is 35.0 Å². The van der Waals surface area contributed by atoms with Crippen LogP contribution >= 0.6 is 0 Å². The van der Waals surface area contributed by atoms with E-state index in [4.69, 9.17) is 29.7 Å². The van der Waals surface area contributed by atoms with Crippen molar-refractivity contribution in [2.45, 2.75) is 93.9 Å². The third-order valence-electron chi connectivity index (χ3n) is 11.0. The number of aryl methyl sites for hydroxylation is 1. The van der Waals surface area contributed by atoms with E-state index < -0.39 is 11.9 Å². The molecule has 10 heteroatoms. The molecule has 0 amide bonds.